The maximum atomic E-state index is 12.9. The van der Waals surface area contributed by atoms with Gasteiger partial charge < -0.3 is 29.0 Å². The molecule has 39 heavy (non-hydrogen) atoms. The largest absolute Gasteiger partial charge is 0.467 e. The number of nitrogens with one attached hydrogen (secondary N) is 1. The second kappa shape index (κ2) is 14.6. The van der Waals surface area contributed by atoms with Crippen LogP contribution in [0, 0.1) is 0 Å². The smallest absolute Gasteiger partial charge is 0.337 e. The first kappa shape index (κ1) is 28.4. The van der Waals surface area contributed by atoms with E-state index in [-0.39, 0.29) is 25.7 Å². The number of hydrogen-bond donors (Lipinski definition) is 1. The predicted molar refractivity (Wildman–Crippen MR) is 144 cm³/mol. The lowest BCUT2D eigenvalue weighted by atomic mass is 9.91. The Morgan fingerprint density at radius 3 is 1.72 bits per heavy atom. The highest BCUT2D eigenvalue weighted by Gasteiger charge is 2.51. The number of carbonyl (C=O) groups is 2. The molecule has 0 aliphatic carbocycles. The first-order valence-corrected chi connectivity index (χ1v) is 13.0. The molecular formula is C31H35NO7. The SMILES string of the molecule is COC(=O)[C@@H]1O[C@H](COCc2ccccc2)[C@@H](OCc2ccccc2)[C@H](OCc2ccccc2)[C@H]1NC(C)=O. The standard InChI is InChI=1S/C31H35NO7/c1-22(33)32-27-29(38-20-25-16-10-5-11-17-25)28(37-19-24-14-8-4-9-15-24)26(39-30(27)31(34)35-2)21-36-18-23-12-6-3-7-13-23/h3-17,26-30H,18-21H2,1-2H3,(H,32,33)/t26-,27-,28-,29-,30-/m1/s1. The van der Waals surface area contributed by atoms with Crippen LogP contribution in [0.15, 0.2) is 91.0 Å². The highest BCUT2D eigenvalue weighted by molar-refractivity contribution is 5.79. The van der Waals surface area contributed by atoms with Crippen LogP contribution in [0.1, 0.15) is 23.6 Å². The quantitative estimate of drug-likeness (QED) is 0.354. The van der Waals surface area contributed by atoms with Crippen LogP contribution in [-0.2, 0) is 53.1 Å². The monoisotopic (exact) mass is 533 g/mol. The number of carbonyl (C=O) groups excluding carboxylic acids is 2. The van der Waals surface area contributed by atoms with Gasteiger partial charge in [-0.2, -0.15) is 0 Å². The first-order chi connectivity index (χ1) is 19.0. The van der Waals surface area contributed by atoms with E-state index in [1.54, 1.807) is 0 Å². The Kier molecular flexibility index (Phi) is 10.6. The molecular weight excluding hydrogens is 498 g/mol. The van der Waals surface area contributed by atoms with Crippen LogP contribution in [0.5, 0.6) is 0 Å². The van der Waals surface area contributed by atoms with Gasteiger partial charge in [-0.25, -0.2) is 4.79 Å². The Balaban J connectivity index is 1.61. The van der Waals surface area contributed by atoms with Crippen LogP contribution >= 0.6 is 0 Å². The zero-order valence-corrected chi connectivity index (χ0v) is 22.2. The predicted octanol–water partition coefficient (Wildman–Crippen LogP) is 3.82. The number of amides is 1. The molecule has 1 aliphatic heterocycles. The molecule has 8 nitrogen and oxygen atoms in total. The van der Waals surface area contributed by atoms with Gasteiger partial charge in [0, 0.05) is 6.92 Å². The van der Waals surface area contributed by atoms with Crippen molar-refractivity contribution in [3.05, 3.63) is 108 Å². The van der Waals surface area contributed by atoms with Gasteiger partial charge in [0.05, 0.1) is 39.6 Å². The summed E-state index contributed by atoms with van der Waals surface area (Å²) in [6.45, 7) is 2.42. The van der Waals surface area contributed by atoms with Crippen molar-refractivity contribution in [2.75, 3.05) is 13.7 Å². The van der Waals surface area contributed by atoms with Crippen molar-refractivity contribution in [2.24, 2.45) is 0 Å². The van der Waals surface area contributed by atoms with Crippen LogP contribution in [0.4, 0.5) is 0 Å². The molecule has 3 aromatic rings. The van der Waals surface area contributed by atoms with Crippen LogP contribution < -0.4 is 5.32 Å². The third-order valence-corrected chi connectivity index (χ3v) is 6.46. The number of ether oxygens (including phenoxy) is 5. The summed E-state index contributed by atoms with van der Waals surface area (Å²) >= 11 is 0. The summed E-state index contributed by atoms with van der Waals surface area (Å²) in [5, 5.41) is 2.85. The molecule has 1 N–H and O–H groups in total. The van der Waals surface area contributed by atoms with Crippen molar-refractivity contribution < 1.29 is 33.3 Å². The molecule has 206 valence electrons. The molecule has 8 heteroatoms. The summed E-state index contributed by atoms with van der Waals surface area (Å²) < 4.78 is 30.2. The maximum Gasteiger partial charge on any atom is 0.337 e. The van der Waals surface area contributed by atoms with Crippen molar-refractivity contribution in [3.8, 4) is 0 Å². The fourth-order valence-corrected chi connectivity index (χ4v) is 4.58. The van der Waals surface area contributed by atoms with Crippen molar-refractivity contribution >= 4 is 11.9 Å². The summed E-state index contributed by atoms with van der Waals surface area (Å²) in [4.78, 5) is 25.1. The van der Waals surface area contributed by atoms with Crippen molar-refractivity contribution in [1.82, 2.24) is 5.32 Å². The lowest BCUT2D eigenvalue weighted by Gasteiger charge is -2.45. The number of esters is 1. The van der Waals surface area contributed by atoms with E-state index in [9.17, 15) is 9.59 Å². The second-order valence-electron chi connectivity index (χ2n) is 9.37. The van der Waals surface area contributed by atoms with Crippen molar-refractivity contribution in [1.29, 1.82) is 0 Å². The van der Waals surface area contributed by atoms with Gasteiger partial charge in [0.15, 0.2) is 6.10 Å². The van der Waals surface area contributed by atoms with Crippen LogP contribution in [0.3, 0.4) is 0 Å². The van der Waals surface area contributed by atoms with Gasteiger partial charge in [-0.05, 0) is 16.7 Å². The zero-order valence-electron chi connectivity index (χ0n) is 22.2. The highest BCUT2D eigenvalue weighted by Crippen LogP contribution is 2.29. The molecule has 1 amide bonds. The summed E-state index contributed by atoms with van der Waals surface area (Å²) in [5.41, 5.74) is 2.92. The lowest BCUT2D eigenvalue weighted by Crippen LogP contribution is -2.67. The summed E-state index contributed by atoms with van der Waals surface area (Å²) in [6, 6.07) is 28.4. The van der Waals surface area contributed by atoms with Gasteiger partial charge in [0.25, 0.3) is 0 Å². The van der Waals surface area contributed by atoms with E-state index in [2.05, 4.69) is 5.32 Å². The third kappa shape index (κ3) is 8.21. The van der Waals surface area contributed by atoms with Crippen molar-refractivity contribution in [3.63, 3.8) is 0 Å². The Hall–Kier alpha value is -3.56. The maximum absolute atomic E-state index is 12.9. The normalized spacial score (nSPS) is 22.7. The molecule has 0 unspecified atom stereocenters. The molecule has 0 radical (unpaired) electrons. The summed E-state index contributed by atoms with van der Waals surface area (Å²) in [7, 11) is 1.29. The van der Waals surface area contributed by atoms with E-state index in [1.807, 2.05) is 91.0 Å². The minimum atomic E-state index is -1.11. The third-order valence-electron chi connectivity index (χ3n) is 6.46. The minimum absolute atomic E-state index is 0.139. The van der Waals surface area contributed by atoms with E-state index in [0.717, 1.165) is 16.7 Å². The average molecular weight is 534 g/mol. The lowest BCUT2D eigenvalue weighted by molar-refractivity contribution is -0.236. The molecule has 0 spiro atoms. The van der Waals surface area contributed by atoms with Crippen molar-refractivity contribution in [2.45, 2.75) is 57.2 Å². The Morgan fingerprint density at radius 1 is 0.744 bits per heavy atom. The Bertz CT molecular complexity index is 1160. The zero-order chi connectivity index (χ0) is 27.5. The summed E-state index contributed by atoms with van der Waals surface area (Å²) in [6.07, 6.45) is -3.18. The van der Waals surface area contributed by atoms with Crippen LogP contribution in [-0.4, -0.2) is 56.1 Å². The molecule has 1 fully saturated rings. The molecule has 1 aliphatic rings. The highest BCUT2D eigenvalue weighted by atomic mass is 16.6. The van der Waals surface area contributed by atoms with Crippen LogP contribution in [0.2, 0.25) is 0 Å². The topological polar surface area (TPSA) is 92.3 Å². The van der Waals surface area contributed by atoms with E-state index in [1.165, 1.54) is 14.0 Å². The van der Waals surface area contributed by atoms with E-state index < -0.39 is 36.4 Å². The number of hydrogen-bond acceptors (Lipinski definition) is 7. The van der Waals surface area contributed by atoms with E-state index in [4.69, 9.17) is 23.7 Å². The number of rotatable bonds is 12. The Morgan fingerprint density at radius 2 is 1.23 bits per heavy atom. The molecule has 5 atom stereocenters. The molecule has 0 bridgehead atoms. The number of benzene rings is 3. The van der Waals surface area contributed by atoms with Gasteiger partial charge in [-0.15, -0.1) is 0 Å². The molecule has 1 heterocycles. The minimum Gasteiger partial charge on any atom is -0.467 e. The van der Waals surface area contributed by atoms with Gasteiger partial charge in [-0.1, -0.05) is 91.0 Å². The van der Waals surface area contributed by atoms with Gasteiger partial charge in [0.1, 0.15) is 18.3 Å². The molecule has 0 saturated carbocycles. The fourth-order valence-electron chi connectivity index (χ4n) is 4.58. The molecule has 0 aromatic heterocycles. The van der Waals surface area contributed by atoms with Gasteiger partial charge >= 0.3 is 5.97 Å². The Labute approximate surface area is 229 Å². The van der Waals surface area contributed by atoms with E-state index in [0.29, 0.717) is 6.61 Å². The fraction of sp³-hybridized carbons (Fsp3) is 0.355. The number of methoxy groups -OCH3 is 1. The molecule has 3 aromatic carbocycles. The van der Waals surface area contributed by atoms with E-state index >= 15 is 0 Å². The summed E-state index contributed by atoms with van der Waals surface area (Å²) in [5.74, 6) is -0.942. The average Bonchev–Trinajstić information content (AvgIpc) is 2.97. The van der Waals surface area contributed by atoms with Gasteiger partial charge in [0.2, 0.25) is 5.91 Å². The molecule has 1 saturated heterocycles. The first-order valence-electron chi connectivity index (χ1n) is 13.0. The van der Waals surface area contributed by atoms with Gasteiger partial charge in [-0.3, -0.25) is 4.79 Å². The second-order valence-corrected chi connectivity index (χ2v) is 9.37. The molecule has 4 rings (SSSR count). The van der Waals surface area contributed by atoms with Crippen LogP contribution in [0.25, 0.3) is 0 Å².